The monoisotopic (exact) mass is 380 g/mol. The van der Waals surface area contributed by atoms with Crippen LogP contribution in [-0.4, -0.2) is 26.9 Å². The summed E-state index contributed by atoms with van der Waals surface area (Å²) in [5.41, 5.74) is 6.32. The van der Waals surface area contributed by atoms with Crippen LogP contribution in [0.25, 0.3) is 0 Å². The SMILES string of the molecule is Cl.NCC(=O)NC(C=CS(=O)(=O)c1ccccc1)Cc1ccccc1. The Bertz CT molecular complexity index is 794. The lowest BCUT2D eigenvalue weighted by Gasteiger charge is -2.15. The third-order valence-electron chi connectivity index (χ3n) is 3.39. The van der Waals surface area contributed by atoms with Crippen LogP contribution in [0.2, 0.25) is 0 Å². The second kappa shape index (κ2) is 9.98. The maximum Gasteiger partial charge on any atom is 0.234 e. The zero-order valence-corrected chi connectivity index (χ0v) is 15.2. The van der Waals surface area contributed by atoms with Gasteiger partial charge >= 0.3 is 0 Å². The van der Waals surface area contributed by atoms with E-state index in [4.69, 9.17) is 5.73 Å². The molecule has 1 amide bonds. The number of nitrogens with one attached hydrogen (secondary N) is 1. The van der Waals surface area contributed by atoms with Crippen LogP contribution >= 0.6 is 12.4 Å². The third kappa shape index (κ3) is 6.70. The van der Waals surface area contributed by atoms with Gasteiger partial charge in [-0.15, -0.1) is 12.4 Å². The van der Waals surface area contributed by atoms with Gasteiger partial charge in [-0.05, 0) is 24.1 Å². The molecule has 0 aliphatic heterocycles. The first kappa shape index (κ1) is 20.9. The highest BCUT2D eigenvalue weighted by molar-refractivity contribution is 7.94. The molecule has 0 bridgehead atoms. The molecule has 1 unspecified atom stereocenters. The molecule has 3 N–H and O–H groups in total. The molecule has 0 saturated carbocycles. The van der Waals surface area contributed by atoms with E-state index in [2.05, 4.69) is 5.32 Å². The van der Waals surface area contributed by atoms with Crippen molar-refractivity contribution in [3.8, 4) is 0 Å². The Morgan fingerprint density at radius 3 is 2.16 bits per heavy atom. The van der Waals surface area contributed by atoms with E-state index in [-0.39, 0.29) is 29.8 Å². The van der Waals surface area contributed by atoms with Crippen molar-refractivity contribution >= 4 is 28.2 Å². The molecular weight excluding hydrogens is 360 g/mol. The molecule has 0 aromatic heterocycles. The van der Waals surface area contributed by atoms with Crippen LogP contribution < -0.4 is 11.1 Å². The van der Waals surface area contributed by atoms with Crippen LogP contribution in [-0.2, 0) is 21.1 Å². The van der Waals surface area contributed by atoms with Gasteiger partial charge < -0.3 is 11.1 Å². The van der Waals surface area contributed by atoms with Gasteiger partial charge in [0.1, 0.15) is 0 Å². The second-order valence-corrected chi connectivity index (χ2v) is 7.09. The van der Waals surface area contributed by atoms with E-state index in [9.17, 15) is 13.2 Å². The lowest BCUT2D eigenvalue weighted by atomic mass is 10.1. The van der Waals surface area contributed by atoms with Crippen LogP contribution in [0.5, 0.6) is 0 Å². The first-order valence-electron chi connectivity index (χ1n) is 7.53. The smallest absolute Gasteiger partial charge is 0.234 e. The molecular formula is C18H21ClN2O3S. The molecule has 0 radical (unpaired) electrons. The molecule has 2 aromatic rings. The summed E-state index contributed by atoms with van der Waals surface area (Å²) < 4.78 is 24.6. The molecule has 0 heterocycles. The summed E-state index contributed by atoms with van der Waals surface area (Å²) in [7, 11) is -3.55. The zero-order chi connectivity index (χ0) is 17.4. The molecule has 2 rings (SSSR count). The van der Waals surface area contributed by atoms with E-state index in [0.29, 0.717) is 6.42 Å². The standard InChI is InChI=1S/C18H20N2O3S.ClH/c19-14-18(21)20-16(13-15-7-3-1-4-8-15)11-12-24(22,23)17-9-5-2-6-10-17;/h1-12,16H,13-14,19H2,(H,20,21);1H. The molecule has 0 fully saturated rings. The lowest BCUT2D eigenvalue weighted by molar-refractivity contribution is -0.120. The number of hydrogen-bond acceptors (Lipinski definition) is 4. The predicted molar refractivity (Wildman–Crippen MR) is 101 cm³/mol. The number of hydrogen-bond donors (Lipinski definition) is 2. The van der Waals surface area contributed by atoms with Crippen LogP contribution in [0.3, 0.4) is 0 Å². The molecule has 0 spiro atoms. The van der Waals surface area contributed by atoms with E-state index < -0.39 is 15.9 Å². The van der Waals surface area contributed by atoms with Crippen molar-refractivity contribution in [1.29, 1.82) is 0 Å². The van der Waals surface area contributed by atoms with Crippen LogP contribution in [0.4, 0.5) is 0 Å². The number of carbonyl (C=O) groups excluding carboxylic acids is 1. The quantitative estimate of drug-likeness (QED) is 0.769. The molecule has 2 aromatic carbocycles. The number of benzene rings is 2. The van der Waals surface area contributed by atoms with Gasteiger partial charge in [-0.2, -0.15) is 0 Å². The van der Waals surface area contributed by atoms with Gasteiger partial charge in [-0.1, -0.05) is 54.6 Å². The third-order valence-corrected chi connectivity index (χ3v) is 4.84. The summed E-state index contributed by atoms with van der Waals surface area (Å²) >= 11 is 0. The van der Waals surface area contributed by atoms with Gasteiger partial charge in [0, 0.05) is 5.41 Å². The largest absolute Gasteiger partial charge is 0.348 e. The van der Waals surface area contributed by atoms with Crippen molar-refractivity contribution in [1.82, 2.24) is 5.32 Å². The van der Waals surface area contributed by atoms with E-state index in [0.717, 1.165) is 11.0 Å². The summed E-state index contributed by atoms with van der Waals surface area (Å²) in [5.74, 6) is -0.335. The van der Waals surface area contributed by atoms with Gasteiger partial charge in [0.05, 0.1) is 17.5 Å². The Labute approximate surface area is 154 Å². The average molecular weight is 381 g/mol. The summed E-state index contributed by atoms with van der Waals surface area (Å²) in [5, 5.41) is 3.86. The van der Waals surface area contributed by atoms with Gasteiger partial charge in [0.2, 0.25) is 5.91 Å². The van der Waals surface area contributed by atoms with Gasteiger partial charge in [-0.3, -0.25) is 4.79 Å². The summed E-state index contributed by atoms with van der Waals surface area (Å²) in [6, 6.07) is 17.2. The number of amides is 1. The van der Waals surface area contributed by atoms with Gasteiger partial charge in [0.25, 0.3) is 0 Å². The fourth-order valence-corrected chi connectivity index (χ4v) is 3.28. The topological polar surface area (TPSA) is 89.3 Å². The fourth-order valence-electron chi connectivity index (χ4n) is 2.19. The minimum Gasteiger partial charge on any atom is -0.348 e. The van der Waals surface area contributed by atoms with Crippen molar-refractivity contribution in [2.45, 2.75) is 17.4 Å². The highest BCUT2D eigenvalue weighted by Gasteiger charge is 2.13. The van der Waals surface area contributed by atoms with Crippen molar-refractivity contribution in [3.05, 3.63) is 77.7 Å². The normalized spacial score (nSPS) is 12.4. The Hall–Kier alpha value is -2.15. The van der Waals surface area contributed by atoms with Crippen molar-refractivity contribution in [3.63, 3.8) is 0 Å². The molecule has 1 atom stereocenters. The minimum atomic E-state index is -3.55. The number of carbonyl (C=O) groups is 1. The highest BCUT2D eigenvalue weighted by atomic mass is 35.5. The van der Waals surface area contributed by atoms with Gasteiger partial charge in [-0.25, -0.2) is 8.42 Å². The fraction of sp³-hybridized carbons (Fsp3) is 0.167. The number of sulfone groups is 1. The van der Waals surface area contributed by atoms with E-state index in [1.54, 1.807) is 18.2 Å². The average Bonchev–Trinajstić information content (AvgIpc) is 2.61. The van der Waals surface area contributed by atoms with Crippen LogP contribution in [0.1, 0.15) is 5.56 Å². The maximum atomic E-state index is 12.3. The van der Waals surface area contributed by atoms with Crippen molar-refractivity contribution in [2.24, 2.45) is 5.73 Å². The van der Waals surface area contributed by atoms with E-state index >= 15 is 0 Å². The molecule has 0 saturated heterocycles. The summed E-state index contributed by atoms with van der Waals surface area (Å²) in [6.07, 6.45) is 1.97. The Morgan fingerprint density at radius 1 is 1.04 bits per heavy atom. The number of rotatable bonds is 7. The first-order chi connectivity index (χ1) is 11.5. The molecule has 134 valence electrons. The van der Waals surface area contributed by atoms with E-state index in [1.807, 2.05) is 30.3 Å². The van der Waals surface area contributed by atoms with Crippen LogP contribution in [0, 0.1) is 0 Å². The first-order valence-corrected chi connectivity index (χ1v) is 9.07. The van der Waals surface area contributed by atoms with Crippen molar-refractivity contribution < 1.29 is 13.2 Å². The Morgan fingerprint density at radius 2 is 1.60 bits per heavy atom. The predicted octanol–water partition coefficient (Wildman–Crippen LogP) is 2.08. The molecule has 5 nitrogen and oxygen atoms in total. The minimum absolute atomic E-state index is 0. The molecule has 7 heteroatoms. The second-order valence-electron chi connectivity index (χ2n) is 5.25. The number of halogens is 1. The summed E-state index contributed by atoms with van der Waals surface area (Å²) in [4.78, 5) is 11.8. The Balaban J connectivity index is 0.00000312. The zero-order valence-electron chi connectivity index (χ0n) is 13.5. The molecule has 25 heavy (non-hydrogen) atoms. The van der Waals surface area contributed by atoms with Crippen molar-refractivity contribution in [2.75, 3.05) is 6.54 Å². The van der Waals surface area contributed by atoms with E-state index in [1.165, 1.54) is 18.2 Å². The lowest BCUT2D eigenvalue weighted by Crippen LogP contribution is -2.39. The number of nitrogens with two attached hydrogens (primary N) is 1. The van der Waals surface area contributed by atoms with Gasteiger partial charge in [0.15, 0.2) is 9.84 Å². The van der Waals surface area contributed by atoms with Crippen LogP contribution in [0.15, 0.2) is 77.0 Å². The Kier molecular flexibility index (Phi) is 8.34. The summed E-state index contributed by atoms with van der Waals surface area (Å²) in [6.45, 7) is -0.148. The maximum absolute atomic E-state index is 12.3. The molecule has 0 aliphatic carbocycles. The molecule has 0 aliphatic rings. The highest BCUT2D eigenvalue weighted by Crippen LogP contribution is 2.12.